The summed E-state index contributed by atoms with van der Waals surface area (Å²) in [6.07, 6.45) is 5.07. The normalized spacial score (nSPS) is 13.6. The van der Waals surface area contributed by atoms with Gasteiger partial charge in [0.1, 0.15) is 9.84 Å². The van der Waals surface area contributed by atoms with E-state index < -0.39 is 9.84 Å². The SMILES string of the molecule is CNC(CCS(C)(=O)=O)c1cccc2nccnc12. The monoisotopic (exact) mass is 279 g/mol. The molecule has 102 valence electrons. The highest BCUT2D eigenvalue weighted by Gasteiger charge is 2.15. The van der Waals surface area contributed by atoms with Crippen LogP contribution in [0.1, 0.15) is 18.0 Å². The van der Waals surface area contributed by atoms with E-state index in [2.05, 4.69) is 15.3 Å². The van der Waals surface area contributed by atoms with Gasteiger partial charge in [-0.3, -0.25) is 9.97 Å². The van der Waals surface area contributed by atoms with Crippen LogP contribution in [-0.4, -0.2) is 37.4 Å². The maximum Gasteiger partial charge on any atom is 0.147 e. The Morgan fingerprint density at radius 1 is 1.26 bits per heavy atom. The van der Waals surface area contributed by atoms with Crippen molar-refractivity contribution >= 4 is 20.9 Å². The van der Waals surface area contributed by atoms with Gasteiger partial charge in [0.05, 0.1) is 16.8 Å². The van der Waals surface area contributed by atoms with Gasteiger partial charge in [0.25, 0.3) is 0 Å². The van der Waals surface area contributed by atoms with Gasteiger partial charge in [-0.1, -0.05) is 12.1 Å². The summed E-state index contributed by atoms with van der Waals surface area (Å²) in [6, 6.07) is 5.72. The van der Waals surface area contributed by atoms with Gasteiger partial charge in [-0.2, -0.15) is 0 Å². The van der Waals surface area contributed by atoms with E-state index >= 15 is 0 Å². The number of aromatic nitrogens is 2. The molecule has 0 radical (unpaired) electrons. The molecule has 1 aromatic carbocycles. The van der Waals surface area contributed by atoms with E-state index in [9.17, 15) is 8.42 Å². The first-order valence-electron chi connectivity index (χ1n) is 6.06. The van der Waals surface area contributed by atoms with Crippen molar-refractivity contribution in [3.05, 3.63) is 36.2 Å². The van der Waals surface area contributed by atoms with Gasteiger partial charge in [-0.15, -0.1) is 0 Å². The molecule has 1 unspecified atom stereocenters. The summed E-state index contributed by atoms with van der Waals surface area (Å²) < 4.78 is 22.6. The Bertz CT molecular complexity index is 665. The van der Waals surface area contributed by atoms with E-state index in [1.165, 1.54) is 6.26 Å². The fraction of sp³-hybridized carbons (Fsp3) is 0.385. The molecule has 0 bridgehead atoms. The molecule has 2 aromatic rings. The van der Waals surface area contributed by atoms with Crippen molar-refractivity contribution in [2.75, 3.05) is 19.1 Å². The van der Waals surface area contributed by atoms with E-state index in [1.54, 1.807) is 12.4 Å². The molecule has 0 aliphatic carbocycles. The first-order valence-corrected chi connectivity index (χ1v) is 8.12. The molecule has 1 aromatic heterocycles. The number of nitrogens with one attached hydrogen (secondary N) is 1. The van der Waals surface area contributed by atoms with E-state index in [1.807, 2.05) is 25.2 Å². The third-order valence-corrected chi connectivity index (χ3v) is 4.01. The number of benzene rings is 1. The van der Waals surface area contributed by atoms with Crippen molar-refractivity contribution < 1.29 is 8.42 Å². The predicted molar refractivity (Wildman–Crippen MR) is 75.7 cm³/mol. The topological polar surface area (TPSA) is 72.0 Å². The summed E-state index contributed by atoms with van der Waals surface area (Å²) in [6.45, 7) is 0. The first kappa shape index (κ1) is 13.9. The van der Waals surface area contributed by atoms with Crippen molar-refractivity contribution in [3.63, 3.8) is 0 Å². The summed E-state index contributed by atoms with van der Waals surface area (Å²) >= 11 is 0. The average Bonchev–Trinajstić information content (AvgIpc) is 2.38. The van der Waals surface area contributed by atoms with Crippen LogP contribution in [0, 0.1) is 0 Å². The van der Waals surface area contributed by atoms with Crippen LogP contribution in [0.15, 0.2) is 30.6 Å². The Labute approximate surface area is 113 Å². The molecule has 0 aliphatic rings. The molecule has 0 spiro atoms. The summed E-state index contributed by atoms with van der Waals surface area (Å²) in [5.41, 5.74) is 2.62. The molecule has 0 aliphatic heterocycles. The lowest BCUT2D eigenvalue weighted by Gasteiger charge is -2.17. The van der Waals surface area contributed by atoms with Crippen LogP contribution in [0.4, 0.5) is 0 Å². The van der Waals surface area contributed by atoms with Crippen LogP contribution in [0.5, 0.6) is 0 Å². The van der Waals surface area contributed by atoms with Gasteiger partial charge >= 0.3 is 0 Å². The minimum absolute atomic E-state index is 0.0462. The van der Waals surface area contributed by atoms with Crippen molar-refractivity contribution in [2.24, 2.45) is 0 Å². The van der Waals surface area contributed by atoms with Crippen molar-refractivity contribution in [1.29, 1.82) is 0 Å². The fourth-order valence-corrected chi connectivity index (χ4v) is 2.75. The molecule has 19 heavy (non-hydrogen) atoms. The molecule has 1 heterocycles. The zero-order chi connectivity index (χ0) is 13.9. The number of nitrogens with zero attached hydrogens (tertiary/aromatic N) is 2. The van der Waals surface area contributed by atoms with E-state index in [0.29, 0.717) is 6.42 Å². The van der Waals surface area contributed by atoms with Crippen LogP contribution in [0.3, 0.4) is 0 Å². The van der Waals surface area contributed by atoms with Crippen LogP contribution >= 0.6 is 0 Å². The van der Waals surface area contributed by atoms with Gasteiger partial charge in [0.2, 0.25) is 0 Å². The lowest BCUT2D eigenvalue weighted by atomic mass is 10.0. The second-order valence-electron chi connectivity index (χ2n) is 4.53. The molecule has 5 nitrogen and oxygen atoms in total. The van der Waals surface area contributed by atoms with Gasteiger partial charge in [-0.05, 0) is 25.1 Å². The number of hydrogen-bond acceptors (Lipinski definition) is 5. The average molecular weight is 279 g/mol. The van der Waals surface area contributed by atoms with Crippen molar-refractivity contribution in [3.8, 4) is 0 Å². The molecule has 0 saturated heterocycles. The summed E-state index contributed by atoms with van der Waals surface area (Å²) in [5, 5.41) is 3.15. The highest BCUT2D eigenvalue weighted by molar-refractivity contribution is 7.90. The number of para-hydroxylation sites is 1. The maximum absolute atomic E-state index is 11.3. The molecular formula is C13H17N3O2S. The van der Waals surface area contributed by atoms with Gasteiger partial charge in [0.15, 0.2) is 0 Å². The van der Waals surface area contributed by atoms with Gasteiger partial charge in [-0.25, -0.2) is 8.42 Å². The maximum atomic E-state index is 11.3. The van der Waals surface area contributed by atoms with Crippen LogP contribution < -0.4 is 5.32 Å². The Balaban J connectivity index is 2.35. The van der Waals surface area contributed by atoms with Gasteiger partial charge < -0.3 is 5.32 Å². The summed E-state index contributed by atoms with van der Waals surface area (Å²) in [4.78, 5) is 8.60. The first-order chi connectivity index (χ1) is 9.01. The zero-order valence-electron chi connectivity index (χ0n) is 11.0. The Kier molecular flexibility index (Phi) is 4.11. The molecule has 2 rings (SSSR count). The number of hydrogen-bond donors (Lipinski definition) is 1. The Hall–Kier alpha value is -1.53. The largest absolute Gasteiger partial charge is 0.313 e. The van der Waals surface area contributed by atoms with E-state index in [-0.39, 0.29) is 11.8 Å². The molecule has 0 saturated carbocycles. The van der Waals surface area contributed by atoms with Gasteiger partial charge in [0, 0.05) is 24.7 Å². The number of rotatable bonds is 5. The summed E-state index contributed by atoms with van der Waals surface area (Å²) in [7, 11) is -1.15. The lowest BCUT2D eigenvalue weighted by molar-refractivity contribution is 0.561. The molecule has 6 heteroatoms. The third-order valence-electron chi connectivity index (χ3n) is 3.03. The van der Waals surface area contributed by atoms with Crippen LogP contribution in [0.2, 0.25) is 0 Å². The Morgan fingerprint density at radius 3 is 2.68 bits per heavy atom. The molecule has 1 atom stereocenters. The van der Waals surface area contributed by atoms with Crippen LogP contribution in [0.25, 0.3) is 11.0 Å². The smallest absolute Gasteiger partial charge is 0.147 e. The van der Waals surface area contributed by atoms with E-state index in [0.717, 1.165) is 16.6 Å². The third kappa shape index (κ3) is 3.48. The Morgan fingerprint density at radius 2 is 2.00 bits per heavy atom. The van der Waals surface area contributed by atoms with Crippen LogP contribution in [-0.2, 0) is 9.84 Å². The highest BCUT2D eigenvalue weighted by atomic mass is 32.2. The fourth-order valence-electron chi connectivity index (χ4n) is 2.08. The van der Waals surface area contributed by atoms with E-state index in [4.69, 9.17) is 0 Å². The molecular weight excluding hydrogens is 262 g/mol. The van der Waals surface area contributed by atoms with Crippen molar-refractivity contribution in [1.82, 2.24) is 15.3 Å². The van der Waals surface area contributed by atoms with Crippen molar-refractivity contribution in [2.45, 2.75) is 12.5 Å². The molecule has 0 amide bonds. The standard InChI is InChI=1S/C13H17N3O2S/c1-14-11(6-9-19(2,17)18)10-4-3-5-12-13(10)16-8-7-15-12/h3-5,7-8,11,14H,6,9H2,1-2H3. The quantitative estimate of drug-likeness (QED) is 0.894. The molecule has 1 N–H and O–H groups in total. The zero-order valence-corrected chi connectivity index (χ0v) is 11.8. The molecule has 0 fully saturated rings. The minimum atomic E-state index is -2.97. The second-order valence-corrected chi connectivity index (χ2v) is 6.79. The lowest BCUT2D eigenvalue weighted by Crippen LogP contribution is -2.20. The predicted octanol–water partition coefficient (Wildman–Crippen LogP) is 1.33. The number of fused-ring (bicyclic) bond motifs is 1. The summed E-state index contributed by atoms with van der Waals surface area (Å²) in [5.74, 6) is 0.148. The number of sulfone groups is 1. The second kappa shape index (κ2) is 5.63. The highest BCUT2D eigenvalue weighted by Crippen LogP contribution is 2.23. The minimum Gasteiger partial charge on any atom is -0.313 e.